The molecule has 7 nitrogen and oxygen atoms in total. The molecule has 0 saturated carbocycles. The summed E-state index contributed by atoms with van der Waals surface area (Å²) in [5.74, 6) is -2.71. The second-order valence-electron chi connectivity index (χ2n) is 4.19. The molecule has 1 saturated heterocycles. The number of amides is 2. The van der Waals surface area contributed by atoms with Crippen LogP contribution in [0.25, 0.3) is 0 Å². The van der Waals surface area contributed by atoms with E-state index in [1.54, 1.807) is 5.32 Å². The number of alkyl halides is 3. The lowest BCUT2D eigenvalue weighted by Gasteiger charge is -2.13. The Morgan fingerprint density at radius 2 is 1.85 bits per heavy atom. The molecular formula is C10H15F3N2O5. The number of carbonyl (C=O) groups is 2. The molecule has 2 amide bonds. The second-order valence-corrected chi connectivity index (χ2v) is 4.19. The van der Waals surface area contributed by atoms with Gasteiger partial charge in [0.2, 0.25) is 5.91 Å². The first-order valence-electron chi connectivity index (χ1n) is 5.82. The number of ether oxygens (including phenoxy) is 1. The third kappa shape index (κ3) is 4.62. The summed E-state index contributed by atoms with van der Waals surface area (Å²) in [6.07, 6.45) is -7.76. The molecule has 1 heterocycles. The van der Waals surface area contributed by atoms with Crippen molar-refractivity contribution in [2.45, 2.75) is 30.9 Å². The van der Waals surface area contributed by atoms with E-state index in [0.29, 0.717) is 0 Å². The lowest BCUT2D eigenvalue weighted by atomic mass is 10.1. The van der Waals surface area contributed by atoms with Crippen molar-refractivity contribution in [3.05, 3.63) is 0 Å². The molecule has 1 aliphatic rings. The van der Waals surface area contributed by atoms with Gasteiger partial charge in [0.05, 0.1) is 12.7 Å². The minimum atomic E-state index is -4.96. The van der Waals surface area contributed by atoms with Crippen LogP contribution < -0.4 is 10.6 Å². The molecule has 0 aromatic heterocycles. The Hall–Kier alpha value is -1.39. The molecule has 1 fully saturated rings. The van der Waals surface area contributed by atoms with Crippen molar-refractivity contribution in [3.63, 3.8) is 0 Å². The van der Waals surface area contributed by atoms with Crippen LogP contribution in [0.2, 0.25) is 0 Å². The highest BCUT2D eigenvalue weighted by Gasteiger charge is 2.39. The van der Waals surface area contributed by atoms with Crippen LogP contribution in [0.15, 0.2) is 0 Å². The van der Waals surface area contributed by atoms with Gasteiger partial charge in [-0.25, -0.2) is 0 Å². The van der Waals surface area contributed by atoms with Gasteiger partial charge in [0.15, 0.2) is 0 Å². The Labute approximate surface area is 112 Å². The van der Waals surface area contributed by atoms with Crippen LogP contribution in [-0.2, 0) is 14.3 Å². The molecule has 0 spiro atoms. The molecule has 3 atom stereocenters. The van der Waals surface area contributed by atoms with Crippen molar-refractivity contribution in [2.75, 3.05) is 19.7 Å². The van der Waals surface area contributed by atoms with Gasteiger partial charge in [-0.05, 0) is 0 Å². The van der Waals surface area contributed by atoms with Gasteiger partial charge in [-0.1, -0.05) is 0 Å². The van der Waals surface area contributed by atoms with Crippen molar-refractivity contribution in [1.29, 1.82) is 0 Å². The van der Waals surface area contributed by atoms with E-state index < -0.39 is 42.9 Å². The van der Waals surface area contributed by atoms with Gasteiger partial charge in [0, 0.05) is 19.5 Å². The zero-order valence-corrected chi connectivity index (χ0v) is 10.3. The largest absolute Gasteiger partial charge is 0.471 e. The van der Waals surface area contributed by atoms with Crippen LogP contribution in [-0.4, -0.2) is 66.2 Å². The van der Waals surface area contributed by atoms with Crippen LogP contribution >= 0.6 is 0 Å². The van der Waals surface area contributed by atoms with Crippen LogP contribution in [0, 0.1) is 0 Å². The minimum absolute atomic E-state index is 0.00797. The van der Waals surface area contributed by atoms with Gasteiger partial charge in [0.25, 0.3) is 0 Å². The van der Waals surface area contributed by atoms with E-state index in [4.69, 9.17) is 9.84 Å². The maximum atomic E-state index is 11.8. The standard InChI is InChI=1S/C10H15F3N2O5/c11-10(12,13)9(19)15-2-1-14-8(18)6-3-5(17)7(4-16)20-6/h5-7,16-17H,1-4H2,(H,14,18)(H,15,19). The van der Waals surface area contributed by atoms with Crippen molar-refractivity contribution >= 4 is 11.8 Å². The minimum Gasteiger partial charge on any atom is -0.394 e. The fraction of sp³-hybridized carbons (Fsp3) is 0.800. The third-order valence-corrected chi connectivity index (χ3v) is 2.66. The Morgan fingerprint density at radius 3 is 2.35 bits per heavy atom. The summed E-state index contributed by atoms with van der Waals surface area (Å²) in [6, 6.07) is 0. The fourth-order valence-electron chi connectivity index (χ4n) is 1.64. The summed E-state index contributed by atoms with van der Waals surface area (Å²) in [6.45, 7) is -1.03. The highest BCUT2D eigenvalue weighted by molar-refractivity contribution is 5.82. The molecular weight excluding hydrogens is 285 g/mol. The third-order valence-electron chi connectivity index (χ3n) is 2.66. The van der Waals surface area contributed by atoms with Crippen molar-refractivity contribution in [2.24, 2.45) is 0 Å². The van der Waals surface area contributed by atoms with Crippen molar-refractivity contribution < 1.29 is 37.7 Å². The Kier molecular flexibility index (Phi) is 5.72. The van der Waals surface area contributed by atoms with Gasteiger partial charge in [-0.3, -0.25) is 9.59 Å². The highest BCUT2D eigenvalue weighted by atomic mass is 19.4. The number of aliphatic hydroxyl groups is 2. The van der Waals surface area contributed by atoms with E-state index in [-0.39, 0.29) is 19.5 Å². The molecule has 10 heteroatoms. The normalized spacial score (nSPS) is 26.4. The van der Waals surface area contributed by atoms with Gasteiger partial charge < -0.3 is 25.6 Å². The molecule has 0 aromatic rings. The number of hydrogen-bond donors (Lipinski definition) is 4. The molecule has 0 radical (unpaired) electrons. The molecule has 4 N–H and O–H groups in total. The summed E-state index contributed by atoms with van der Waals surface area (Å²) >= 11 is 0. The molecule has 20 heavy (non-hydrogen) atoms. The van der Waals surface area contributed by atoms with E-state index in [1.807, 2.05) is 0 Å². The quantitative estimate of drug-likeness (QED) is 0.452. The summed E-state index contributed by atoms with van der Waals surface area (Å²) in [5.41, 5.74) is 0. The van der Waals surface area contributed by atoms with Gasteiger partial charge in [-0.2, -0.15) is 13.2 Å². The van der Waals surface area contributed by atoms with Crippen LogP contribution in [0.3, 0.4) is 0 Å². The predicted octanol–water partition coefficient (Wildman–Crippen LogP) is -1.71. The number of halogens is 3. The van der Waals surface area contributed by atoms with E-state index in [1.165, 1.54) is 0 Å². The van der Waals surface area contributed by atoms with Gasteiger partial charge >= 0.3 is 12.1 Å². The van der Waals surface area contributed by atoms with Crippen molar-refractivity contribution in [1.82, 2.24) is 10.6 Å². The first kappa shape index (κ1) is 16.7. The first-order chi connectivity index (χ1) is 9.25. The highest BCUT2D eigenvalue weighted by Crippen LogP contribution is 2.20. The number of rotatable bonds is 5. The second kappa shape index (κ2) is 6.86. The summed E-state index contributed by atoms with van der Waals surface area (Å²) < 4.78 is 40.5. The topological polar surface area (TPSA) is 108 Å². The van der Waals surface area contributed by atoms with Gasteiger partial charge in [-0.15, -0.1) is 0 Å². The fourth-order valence-corrected chi connectivity index (χ4v) is 1.64. The van der Waals surface area contributed by atoms with E-state index in [9.17, 15) is 27.9 Å². The van der Waals surface area contributed by atoms with Crippen LogP contribution in [0.1, 0.15) is 6.42 Å². The first-order valence-corrected chi connectivity index (χ1v) is 5.82. The lowest BCUT2D eigenvalue weighted by molar-refractivity contribution is -0.173. The van der Waals surface area contributed by atoms with E-state index >= 15 is 0 Å². The number of aliphatic hydroxyl groups excluding tert-OH is 2. The van der Waals surface area contributed by atoms with E-state index in [0.717, 1.165) is 0 Å². The maximum Gasteiger partial charge on any atom is 0.471 e. The smallest absolute Gasteiger partial charge is 0.394 e. The predicted molar refractivity (Wildman–Crippen MR) is 58.4 cm³/mol. The molecule has 0 aliphatic carbocycles. The average molecular weight is 300 g/mol. The van der Waals surface area contributed by atoms with Crippen LogP contribution in [0.5, 0.6) is 0 Å². The SMILES string of the molecule is O=C(NCCNC(=O)C(F)(F)F)C1CC(O)C(CO)O1. The molecule has 1 rings (SSSR count). The zero-order chi connectivity index (χ0) is 15.3. The van der Waals surface area contributed by atoms with E-state index in [2.05, 4.69) is 5.32 Å². The molecule has 0 bridgehead atoms. The summed E-state index contributed by atoms with van der Waals surface area (Å²) in [7, 11) is 0. The number of hydrogen-bond acceptors (Lipinski definition) is 5. The number of carbonyl (C=O) groups excluding carboxylic acids is 2. The Bertz CT molecular complexity index is 363. The van der Waals surface area contributed by atoms with Crippen molar-refractivity contribution in [3.8, 4) is 0 Å². The zero-order valence-electron chi connectivity index (χ0n) is 10.3. The monoisotopic (exact) mass is 300 g/mol. The molecule has 3 unspecified atom stereocenters. The summed E-state index contributed by atoms with van der Waals surface area (Å²) in [5, 5.41) is 22.1. The summed E-state index contributed by atoms with van der Waals surface area (Å²) in [4.78, 5) is 22.0. The molecule has 0 aromatic carbocycles. The maximum absolute atomic E-state index is 11.8. The van der Waals surface area contributed by atoms with Gasteiger partial charge in [0.1, 0.15) is 12.2 Å². The Balaban J connectivity index is 2.23. The van der Waals surface area contributed by atoms with Crippen LogP contribution in [0.4, 0.5) is 13.2 Å². The number of nitrogens with one attached hydrogen (secondary N) is 2. The average Bonchev–Trinajstić information content (AvgIpc) is 2.74. The Morgan fingerprint density at radius 1 is 1.25 bits per heavy atom. The molecule has 1 aliphatic heterocycles. The lowest BCUT2D eigenvalue weighted by Crippen LogP contribution is -2.43. The molecule has 116 valence electrons.